The van der Waals surface area contributed by atoms with E-state index in [1.165, 1.54) is 6.42 Å². The van der Waals surface area contributed by atoms with Gasteiger partial charge in [-0.3, -0.25) is 9.69 Å². The number of carbonyl (C=O) groups is 1. The van der Waals surface area contributed by atoms with E-state index >= 15 is 0 Å². The number of carbonyl (C=O) groups excluding carboxylic acids is 1. The van der Waals surface area contributed by atoms with E-state index in [2.05, 4.69) is 10.2 Å². The van der Waals surface area contributed by atoms with Gasteiger partial charge in [0.05, 0.1) is 10.0 Å². The average Bonchev–Trinajstić information content (AvgIpc) is 3.04. The molecule has 1 aromatic rings. The van der Waals surface area contributed by atoms with Crippen LogP contribution in [-0.2, 0) is 0 Å². The van der Waals surface area contributed by atoms with Crippen LogP contribution in [0.2, 0.25) is 10.0 Å². The van der Waals surface area contributed by atoms with Crippen molar-refractivity contribution in [2.24, 2.45) is 0 Å². The molecule has 4 nitrogen and oxygen atoms in total. The highest BCUT2D eigenvalue weighted by molar-refractivity contribution is 6.42. The van der Waals surface area contributed by atoms with Gasteiger partial charge in [-0.15, -0.1) is 0 Å². The van der Waals surface area contributed by atoms with E-state index in [4.69, 9.17) is 23.2 Å². The minimum atomic E-state index is 0.0396. The van der Waals surface area contributed by atoms with Gasteiger partial charge in [0, 0.05) is 44.3 Å². The maximum absolute atomic E-state index is 12.5. The third-order valence-corrected chi connectivity index (χ3v) is 5.06. The third kappa shape index (κ3) is 3.34. The van der Waals surface area contributed by atoms with Gasteiger partial charge < -0.3 is 10.2 Å². The second-order valence-electron chi connectivity index (χ2n) is 5.60. The van der Waals surface area contributed by atoms with E-state index in [1.54, 1.807) is 18.2 Å². The molecule has 21 heavy (non-hydrogen) atoms. The van der Waals surface area contributed by atoms with E-state index in [0.29, 0.717) is 21.7 Å². The molecule has 0 aliphatic carbocycles. The Kier molecular flexibility index (Phi) is 4.69. The maximum atomic E-state index is 12.5. The first-order chi connectivity index (χ1) is 10.1. The number of hydrogen-bond acceptors (Lipinski definition) is 3. The number of amides is 1. The zero-order chi connectivity index (χ0) is 14.8. The SMILES string of the molecule is O=C(c1ccc(Cl)c(Cl)c1)N1CCN(C2CCNC2)CC1. The quantitative estimate of drug-likeness (QED) is 0.903. The second kappa shape index (κ2) is 6.53. The monoisotopic (exact) mass is 327 g/mol. The summed E-state index contributed by atoms with van der Waals surface area (Å²) in [5, 5.41) is 4.30. The van der Waals surface area contributed by atoms with E-state index in [1.807, 2.05) is 4.90 Å². The van der Waals surface area contributed by atoms with E-state index in [9.17, 15) is 4.79 Å². The lowest BCUT2D eigenvalue weighted by Crippen LogP contribution is -2.52. The van der Waals surface area contributed by atoms with E-state index in [-0.39, 0.29) is 5.91 Å². The Hall–Kier alpha value is -0.810. The molecule has 2 saturated heterocycles. The summed E-state index contributed by atoms with van der Waals surface area (Å²) in [5.74, 6) is 0.0396. The topological polar surface area (TPSA) is 35.6 Å². The van der Waals surface area contributed by atoms with Gasteiger partial charge in [0.2, 0.25) is 0 Å². The highest BCUT2D eigenvalue weighted by Crippen LogP contribution is 2.23. The molecule has 0 aromatic heterocycles. The van der Waals surface area contributed by atoms with Crippen LogP contribution in [0.25, 0.3) is 0 Å². The van der Waals surface area contributed by atoms with Gasteiger partial charge in [0.25, 0.3) is 5.91 Å². The van der Waals surface area contributed by atoms with Crippen LogP contribution in [0.15, 0.2) is 18.2 Å². The fourth-order valence-corrected chi connectivity index (χ4v) is 3.35. The van der Waals surface area contributed by atoms with Gasteiger partial charge in [-0.05, 0) is 31.2 Å². The van der Waals surface area contributed by atoms with E-state index in [0.717, 1.165) is 39.3 Å². The molecule has 1 N–H and O–H groups in total. The molecule has 1 amide bonds. The molecule has 0 spiro atoms. The number of rotatable bonds is 2. The van der Waals surface area contributed by atoms with Crippen LogP contribution in [0.5, 0.6) is 0 Å². The van der Waals surface area contributed by atoms with Gasteiger partial charge in [-0.2, -0.15) is 0 Å². The predicted molar refractivity (Wildman–Crippen MR) is 85.2 cm³/mol. The summed E-state index contributed by atoms with van der Waals surface area (Å²) in [7, 11) is 0. The fraction of sp³-hybridized carbons (Fsp3) is 0.533. The smallest absolute Gasteiger partial charge is 0.253 e. The lowest BCUT2D eigenvalue weighted by molar-refractivity contribution is 0.0584. The molecule has 2 heterocycles. The molecule has 0 bridgehead atoms. The summed E-state index contributed by atoms with van der Waals surface area (Å²) in [6.07, 6.45) is 1.21. The first kappa shape index (κ1) is 15.1. The minimum absolute atomic E-state index is 0.0396. The molecule has 6 heteroatoms. The summed E-state index contributed by atoms with van der Waals surface area (Å²) < 4.78 is 0. The molecule has 1 atom stereocenters. The Morgan fingerprint density at radius 2 is 1.90 bits per heavy atom. The summed E-state index contributed by atoms with van der Waals surface area (Å²) in [5.41, 5.74) is 0.611. The second-order valence-corrected chi connectivity index (χ2v) is 6.42. The zero-order valence-corrected chi connectivity index (χ0v) is 13.3. The first-order valence-corrected chi connectivity index (χ1v) is 8.10. The Morgan fingerprint density at radius 1 is 1.14 bits per heavy atom. The molecule has 2 fully saturated rings. The summed E-state index contributed by atoms with van der Waals surface area (Å²) in [4.78, 5) is 16.9. The summed E-state index contributed by atoms with van der Waals surface area (Å²) in [6.45, 7) is 5.61. The van der Waals surface area contributed by atoms with Gasteiger partial charge in [-0.1, -0.05) is 23.2 Å². The van der Waals surface area contributed by atoms with Gasteiger partial charge in [0.1, 0.15) is 0 Å². The molecular formula is C15H19Cl2N3O. The first-order valence-electron chi connectivity index (χ1n) is 7.34. The van der Waals surface area contributed by atoms with Crippen molar-refractivity contribution < 1.29 is 4.79 Å². The number of piperazine rings is 1. The molecule has 0 radical (unpaired) electrons. The number of hydrogen-bond donors (Lipinski definition) is 1. The Labute approximate surface area is 135 Å². The molecule has 2 aliphatic heterocycles. The largest absolute Gasteiger partial charge is 0.336 e. The van der Waals surface area contributed by atoms with Crippen LogP contribution in [0, 0.1) is 0 Å². The molecule has 114 valence electrons. The van der Waals surface area contributed by atoms with Crippen LogP contribution in [0.1, 0.15) is 16.8 Å². The lowest BCUT2D eigenvalue weighted by Gasteiger charge is -2.37. The standard InChI is InChI=1S/C15H19Cl2N3O/c16-13-2-1-11(9-14(13)17)15(21)20-7-5-19(6-8-20)12-3-4-18-10-12/h1-2,9,12,18H,3-8,10H2. The molecule has 1 aromatic carbocycles. The van der Waals surface area contributed by atoms with Crippen LogP contribution < -0.4 is 5.32 Å². The Balaban J connectivity index is 1.60. The van der Waals surface area contributed by atoms with Crippen molar-refractivity contribution in [2.75, 3.05) is 39.3 Å². The number of nitrogens with zero attached hydrogens (tertiary/aromatic N) is 2. The lowest BCUT2D eigenvalue weighted by atomic mass is 10.1. The van der Waals surface area contributed by atoms with Gasteiger partial charge in [0.15, 0.2) is 0 Å². The molecular weight excluding hydrogens is 309 g/mol. The highest BCUT2D eigenvalue weighted by atomic mass is 35.5. The molecule has 3 rings (SSSR count). The molecule has 1 unspecified atom stereocenters. The minimum Gasteiger partial charge on any atom is -0.336 e. The normalized spacial score (nSPS) is 23.5. The fourth-order valence-electron chi connectivity index (χ4n) is 3.05. The average molecular weight is 328 g/mol. The van der Waals surface area contributed by atoms with Crippen LogP contribution in [0.4, 0.5) is 0 Å². The van der Waals surface area contributed by atoms with Crippen molar-refractivity contribution in [2.45, 2.75) is 12.5 Å². The number of nitrogens with one attached hydrogen (secondary N) is 1. The Morgan fingerprint density at radius 3 is 2.52 bits per heavy atom. The van der Waals surface area contributed by atoms with Crippen LogP contribution >= 0.6 is 23.2 Å². The zero-order valence-electron chi connectivity index (χ0n) is 11.8. The van der Waals surface area contributed by atoms with Gasteiger partial charge >= 0.3 is 0 Å². The summed E-state index contributed by atoms with van der Waals surface area (Å²) in [6, 6.07) is 5.70. The summed E-state index contributed by atoms with van der Waals surface area (Å²) >= 11 is 11.9. The highest BCUT2D eigenvalue weighted by Gasteiger charge is 2.28. The molecule has 2 aliphatic rings. The van der Waals surface area contributed by atoms with Crippen molar-refractivity contribution in [3.8, 4) is 0 Å². The van der Waals surface area contributed by atoms with Crippen molar-refractivity contribution >= 4 is 29.1 Å². The number of benzene rings is 1. The number of halogens is 2. The Bertz CT molecular complexity index is 524. The van der Waals surface area contributed by atoms with Crippen molar-refractivity contribution in [3.63, 3.8) is 0 Å². The van der Waals surface area contributed by atoms with Crippen molar-refractivity contribution in [1.82, 2.24) is 15.1 Å². The van der Waals surface area contributed by atoms with Crippen LogP contribution in [0.3, 0.4) is 0 Å². The third-order valence-electron chi connectivity index (χ3n) is 4.32. The van der Waals surface area contributed by atoms with Gasteiger partial charge in [-0.25, -0.2) is 0 Å². The van der Waals surface area contributed by atoms with E-state index < -0.39 is 0 Å². The molecule has 0 saturated carbocycles. The van der Waals surface area contributed by atoms with Crippen LogP contribution in [-0.4, -0.2) is 61.0 Å². The van der Waals surface area contributed by atoms with Crippen molar-refractivity contribution in [3.05, 3.63) is 33.8 Å². The van der Waals surface area contributed by atoms with Crippen molar-refractivity contribution in [1.29, 1.82) is 0 Å². The maximum Gasteiger partial charge on any atom is 0.253 e. The predicted octanol–water partition coefficient (Wildman–Crippen LogP) is 2.11.